The van der Waals surface area contributed by atoms with Crippen LogP contribution >= 0.6 is 15.9 Å². The highest BCUT2D eigenvalue weighted by Gasteiger charge is 2.13. The normalized spacial score (nSPS) is 10.8. The number of aromatic nitrogens is 1. The number of nitrogens with zero attached hydrogens (tertiary/aromatic N) is 3. The molecule has 0 unspecified atom stereocenters. The van der Waals surface area contributed by atoms with E-state index in [9.17, 15) is 5.26 Å². The second-order valence-corrected chi connectivity index (χ2v) is 7.03. The van der Waals surface area contributed by atoms with Crippen molar-refractivity contribution < 1.29 is 0 Å². The zero-order valence-corrected chi connectivity index (χ0v) is 15.6. The minimum absolute atomic E-state index is 0.480. The summed E-state index contributed by atoms with van der Waals surface area (Å²) in [7, 11) is 4.01. The van der Waals surface area contributed by atoms with Gasteiger partial charge < -0.3 is 16.0 Å². The molecule has 0 aliphatic carbocycles. The lowest BCUT2D eigenvalue weighted by Gasteiger charge is -2.16. The summed E-state index contributed by atoms with van der Waals surface area (Å²) in [4.78, 5) is 6.45. The van der Waals surface area contributed by atoms with Crippen molar-refractivity contribution >= 4 is 43.9 Å². The SMILES string of the molecule is CN(C)Cc1cc(N)c2ncc(C#N)c(Nc3cccc(Br)c3)c2c1. The number of hydrogen-bond donors (Lipinski definition) is 2. The maximum atomic E-state index is 9.52. The minimum Gasteiger partial charge on any atom is -0.397 e. The lowest BCUT2D eigenvalue weighted by Crippen LogP contribution is -2.11. The Labute approximate surface area is 155 Å². The van der Waals surface area contributed by atoms with Crippen molar-refractivity contribution in [3.63, 3.8) is 0 Å². The number of fused-ring (bicyclic) bond motifs is 1. The van der Waals surface area contributed by atoms with Crippen molar-refractivity contribution in [3.05, 3.63) is 58.2 Å². The summed E-state index contributed by atoms with van der Waals surface area (Å²) in [5, 5.41) is 13.7. The van der Waals surface area contributed by atoms with E-state index in [4.69, 9.17) is 5.73 Å². The maximum absolute atomic E-state index is 9.52. The summed E-state index contributed by atoms with van der Waals surface area (Å²) in [5.74, 6) is 0. The van der Waals surface area contributed by atoms with E-state index in [0.29, 0.717) is 16.8 Å². The maximum Gasteiger partial charge on any atom is 0.103 e. The molecule has 0 fully saturated rings. The summed E-state index contributed by atoms with van der Waals surface area (Å²) in [6, 6.07) is 14.0. The van der Waals surface area contributed by atoms with Crippen molar-refractivity contribution in [2.24, 2.45) is 0 Å². The van der Waals surface area contributed by atoms with E-state index in [1.54, 1.807) is 6.20 Å². The Morgan fingerprint density at radius 1 is 1.28 bits per heavy atom. The lowest BCUT2D eigenvalue weighted by molar-refractivity contribution is 0.403. The zero-order chi connectivity index (χ0) is 18.0. The number of anilines is 3. The Kier molecular flexibility index (Phi) is 4.88. The van der Waals surface area contributed by atoms with E-state index in [1.165, 1.54) is 0 Å². The van der Waals surface area contributed by atoms with Gasteiger partial charge in [0.2, 0.25) is 0 Å². The van der Waals surface area contributed by atoms with Crippen LogP contribution in [0, 0.1) is 11.3 Å². The van der Waals surface area contributed by atoms with Gasteiger partial charge in [0.05, 0.1) is 22.5 Å². The van der Waals surface area contributed by atoms with Crippen molar-refractivity contribution in [2.45, 2.75) is 6.54 Å². The van der Waals surface area contributed by atoms with Crippen LogP contribution < -0.4 is 11.1 Å². The molecule has 0 aliphatic rings. The van der Waals surface area contributed by atoms with Crippen molar-refractivity contribution in [1.82, 2.24) is 9.88 Å². The molecular formula is C19H18BrN5. The fourth-order valence-corrected chi connectivity index (χ4v) is 3.18. The minimum atomic E-state index is 0.480. The number of nitrogens with two attached hydrogens (primary N) is 1. The predicted molar refractivity (Wildman–Crippen MR) is 106 cm³/mol. The second-order valence-electron chi connectivity index (χ2n) is 6.11. The van der Waals surface area contributed by atoms with Crippen molar-refractivity contribution in [2.75, 3.05) is 25.1 Å². The van der Waals surface area contributed by atoms with Crippen LogP contribution in [0.5, 0.6) is 0 Å². The first-order chi connectivity index (χ1) is 12.0. The number of halogens is 1. The van der Waals surface area contributed by atoms with Crippen LogP contribution in [0.2, 0.25) is 0 Å². The number of nitrogen functional groups attached to an aromatic ring is 1. The number of hydrogen-bond acceptors (Lipinski definition) is 5. The molecule has 3 aromatic rings. The molecule has 3 N–H and O–H groups in total. The first kappa shape index (κ1) is 17.2. The van der Waals surface area contributed by atoms with Gasteiger partial charge >= 0.3 is 0 Å². The van der Waals surface area contributed by atoms with Crippen LogP contribution in [-0.4, -0.2) is 24.0 Å². The standard InChI is InChI=1S/C19H18BrN5/c1-25(2)11-12-6-16-18(24-15-5-3-4-14(20)8-15)13(9-21)10-23-19(16)17(22)7-12/h3-8,10H,11,22H2,1-2H3,(H,23,24). The predicted octanol–water partition coefficient (Wildman–Crippen LogP) is 4.26. The third kappa shape index (κ3) is 3.73. The smallest absolute Gasteiger partial charge is 0.103 e. The van der Waals surface area contributed by atoms with Crippen LogP contribution in [0.1, 0.15) is 11.1 Å². The van der Waals surface area contributed by atoms with Crippen molar-refractivity contribution in [1.29, 1.82) is 5.26 Å². The van der Waals surface area contributed by atoms with Crippen LogP contribution in [0.15, 0.2) is 47.1 Å². The van der Waals surface area contributed by atoms with Gasteiger partial charge in [-0.3, -0.25) is 4.98 Å². The highest BCUT2D eigenvalue weighted by Crippen LogP contribution is 2.33. The summed E-state index contributed by atoms with van der Waals surface area (Å²) < 4.78 is 0.960. The van der Waals surface area contributed by atoms with Gasteiger partial charge in [-0.25, -0.2) is 0 Å². The molecule has 5 nitrogen and oxygen atoms in total. The molecule has 0 aliphatic heterocycles. The van der Waals surface area contributed by atoms with Gasteiger partial charge in [0.1, 0.15) is 6.07 Å². The van der Waals surface area contributed by atoms with Gasteiger partial charge in [0.25, 0.3) is 0 Å². The number of nitrogens with one attached hydrogen (secondary N) is 1. The Morgan fingerprint density at radius 2 is 2.08 bits per heavy atom. The molecule has 25 heavy (non-hydrogen) atoms. The van der Waals surface area contributed by atoms with Gasteiger partial charge in [-0.2, -0.15) is 5.26 Å². The number of rotatable bonds is 4. The summed E-state index contributed by atoms with van der Waals surface area (Å²) in [5.41, 5.74) is 10.7. The van der Waals surface area contributed by atoms with E-state index in [0.717, 1.165) is 33.3 Å². The Balaban J connectivity index is 2.20. The van der Waals surface area contributed by atoms with E-state index in [-0.39, 0.29) is 0 Å². The first-order valence-corrected chi connectivity index (χ1v) is 8.56. The molecule has 1 heterocycles. The molecule has 0 saturated carbocycles. The molecule has 0 spiro atoms. The molecule has 0 radical (unpaired) electrons. The van der Waals surface area contributed by atoms with Crippen molar-refractivity contribution in [3.8, 4) is 6.07 Å². The molecule has 0 bridgehead atoms. The topological polar surface area (TPSA) is 78.0 Å². The van der Waals surface area contributed by atoms with E-state index >= 15 is 0 Å². The molecule has 0 atom stereocenters. The largest absolute Gasteiger partial charge is 0.397 e. The Hall–Kier alpha value is -2.62. The Morgan fingerprint density at radius 3 is 2.76 bits per heavy atom. The number of pyridine rings is 1. The van der Waals surface area contributed by atoms with Crippen LogP contribution in [0.3, 0.4) is 0 Å². The van der Waals surface area contributed by atoms with Gasteiger partial charge in [-0.1, -0.05) is 22.0 Å². The third-order valence-corrected chi connectivity index (χ3v) is 4.27. The monoisotopic (exact) mass is 395 g/mol. The Bertz CT molecular complexity index is 975. The molecule has 0 saturated heterocycles. The fraction of sp³-hybridized carbons (Fsp3) is 0.158. The van der Waals surface area contributed by atoms with E-state index < -0.39 is 0 Å². The highest BCUT2D eigenvalue weighted by molar-refractivity contribution is 9.10. The summed E-state index contributed by atoms with van der Waals surface area (Å²) in [6.07, 6.45) is 1.56. The van der Waals surface area contributed by atoms with Crippen LogP contribution in [0.4, 0.5) is 17.1 Å². The average Bonchev–Trinajstić information content (AvgIpc) is 2.55. The van der Waals surface area contributed by atoms with Gasteiger partial charge in [0, 0.05) is 28.3 Å². The second kappa shape index (κ2) is 7.09. The summed E-state index contributed by atoms with van der Waals surface area (Å²) >= 11 is 3.47. The quantitative estimate of drug-likeness (QED) is 0.645. The number of nitriles is 1. The summed E-state index contributed by atoms with van der Waals surface area (Å²) in [6.45, 7) is 0.757. The molecule has 1 aromatic heterocycles. The fourth-order valence-electron chi connectivity index (χ4n) is 2.78. The van der Waals surface area contributed by atoms with E-state index in [2.05, 4.69) is 37.2 Å². The first-order valence-electron chi connectivity index (χ1n) is 7.76. The van der Waals surface area contributed by atoms with Crippen LogP contribution in [-0.2, 0) is 6.54 Å². The molecule has 2 aromatic carbocycles. The van der Waals surface area contributed by atoms with Gasteiger partial charge in [-0.05, 0) is 50.0 Å². The molecular weight excluding hydrogens is 378 g/mol. The zero-order valence-electron chi connectivity index (χ0n) is 14.0. The molecule has 3 rings (SSSR count). The van der Waals surface area contributed by atoms with Gasteiger partial charge in [0.15, 0.2) is 0 Å². The average molecular weight is 396 g/mol. The molecule has 0 amide bonds. The third-order valence-electron chi connectivity index (χ3n) is 3.77. The molecule has 6 heteroatoms. The van der Waals surface area contributed by atoms with Gasteiger partial charge in [-0.15, -0.1) is 0 Å². The highest BCUT2D eigenvalue weighted by atomic mass is 79.9. The van der Waals surface area contributed by atoms with E-state index in [1.807, 2.05) is 50.5 Å². The lowest BCUT2D eigenvalue weighted by atomic mass is 10.0. The van der Waals surface area contributed by atoms with Crippen LogP contribution in [0.25, 0.3) is 10.9 Å². The number of benzene rings is 2. The molecule has 126 valence electrons.